The van der Waals surface area contributed by atoms with Gasteiger partial charge in [0.05, 0.1) is 18.8 Å². The molecule has 2 aromatic carbocycles. The zero-order chi connectivity index (χ0) is 32.4. The van der Waals surface area contributed by atoms with Crippen LogP contribution in [0, 0.1) is 13.5 Å². The monoisotopic (exact) mass is 693 g/mol. The summed E-state index contributed by atoms with van der Waals surface area (Å²) in [5.41, 5.74) is 4.19. The molecule has 3 aliphatic rings. The van der Waals surface area contributed by atoms with Crippen molar-refractivity contribution >= 4 is 44.1 Å². The lowest BCUT2D eigenvalue weighted by Crippen LogP contribution is -2.56. The van der Waals surface area contributed by atoms with E-state index in [9.17, 15) is 13.6 Å². The van der Waals surface area contributed by atoms with Crippen LogP contribution in [0.5, 0.6) is 6.01 Å². The van der Waals surface area contributed by atoms with Crippen molar-refractivity contribution in [1.82, 2.24) is 19.8 Å². The first-order chi connectivity index (χ1) is 22.2. The highest BCUT2D eigenvalue weighted by molar-refractivity contribution is 9.09. The van der Waals surface area contributed by atoms with E-state index in [1.54, 1.807) is 29.0 Å². The lowest BCUT2D eigenvalue weighted by Gasteiger charge is -2.41. The lowest BCUT2D eigenvalue weighted by atomic mass is 9.99. The number of carbonyl (C=O) groups is 1. The van der Waals surface area contributed by atoms with Gasteiger partial charge in [0.1, 0.15) is 18.5 Å². The number of rotatable bonds is 8. The number of benzene rings is 2. The number of ether oxygens (including phenoxy) is 1. The second-order valence-corrected chi connectivity index (χ2v) is 13.0. The summed E-state index contributed by atoms with van der Waals surface area (Å²) in [5, 5.41) is 2.96. The summed E-state index contributed by atoms with van der Waals surface area (Å²) in [6.45, 7) is 12.3. The molecule has 0 radical (unpaired) electrons. The molecule has 2 saturated heterocycles. The van der Waals surface area contributed by atoms with E-state index in [0.717, 1.165) is 29.3 Å². The van der Waals surface area contributed by atoms with Crippen molar-refractivity contribution in [3.05, 3.63) is 76.8 Å². The predicted molar refractivity (Wildman–Crippen MR) is 179 cm³/mol. The van der Waals surface area contributed by atoms with Gasteiger partial charge in [0, 0.05) is 60.6 Å². The van der Waals surface area contributed by atoms with Crippen molar-refractivity contribution < 1.29 is 18.3 Å². The molecule has 3 aromatic rings. The molecule has 1 amide bonds. The molecule has 46 heavy (non-hydrogen) atoms. The third kappa shape index (κ3) is 6.67. The Balaban J connectivity index is 1.32. The van der Waals surface area contributed by atoms with E-state index >= 15 is 0 Å². The molecular weight excluding hydrogens is 656 g/mol. The fourth-order valence-corrected chi connectivity index (χ4v) is 7.13. The number of likely N-dealkylation sites (N-methyl/N-ethyl adjacent to an activating group) is 1. The molecule has 1 aromatic heterocycles. The quantitative estimate of drug-likeness (QED) is 0.185. The Kier molecular flexibility index (Phi) is 9.43. The maximum Gasteiger partial charge on any atom is 0.318 e. The smallest absolute Gasteiger partial charge is 0.318 e. The average molecular weight is 695 g/mol. The molecule has 0 aliphatic carbocycles. The van der Waals surface area contributed by atoms with Crippen LogP contribution in [0.1, 0.15) is 23.2 Å². The molecule has 0 spiro atoms. The van der Waals surface area contributed by atoms with Crippen molar-refractivity contribution in [3.8, 4) is 6.01 Å². The maximum atomic E-state index is 14.1. The minimum absolute atomic E-state index is 0.0546. The molecule has 12 heteroatoms. The first-order valence-electron chi connectivity index (χ1n) is 15.6. The second-order valence-electron chi connectivity index (χ2n) is 12.3. The van der Waals surface area contributed by atoms with Gasteiger partial charge in [-0.25, -0.2) is 15.4 Å². The molecule has 6 rings (SSSR count). The molecule has 0 unspecified atom stereocenters. The van der Waals surface area contributed by atoms with E-state index in [1.165, 1.54) is 16.3 Å². The molecule has 0 N–H and O–H groups in total. The fourth-order valence-electron chi connectivity index (χ4n) is 6.95. The molecule has 2 atom stereocenters. The Morgan fingerprint density at radius 1 is 1.15 bits per heavy atom. The van der Waals surface area contributed by atoms with E-state index in [-0.39, 0.29) is 44.1 Å². The molecular formula is C34H38BrF2N7O2. The van der Waals surface area contributed by atoms with Gasteiger partial charge in [0.25, 0.3) is 5.92 Å². The number of anilines is 2. The minimum atomic E-state index is -2.75. The van der Waals surface area contributed by atoms with Gasteiger partial charge in [-0.15, -0.1) is 0 Å². The Morgan fingerprint density at radius 3 is 2.70 bits per heavy atom. The number of hydrogen-bond acceptors (Lipinski definition) is 7. The summed E-state index contributed by atoms with van der Waals surface area (Å²) >= 11 is 3.32. The predicted octanol–water partition coefficient (Wildman–Crippen LogP) is 5.11. The molecule has 9 nitrogen and oxygen atoms in total. The lowest BCUT2D eigenvalue weighted by molar-refractivity contribution is -0.128. The van der Waals surface area contributed by atoms with Crippen LogP contribution in [0.15, 0.2) is 48.6 Å². The summed E-state index contributed by atoms with van der Waals surface area (Å²) in [6, 6.07) is 12.1. The number of alkyl halides is 3. The van der Waals surface area contributed by atoms with E-state index in [1.807, 2.05) is 0 Å². The number of amides is 1. The summed E-state index contributed by atoms with van der Waals surface area (Å²) in [4.78, 5) is 34.2. The fraction of sp³-hybridized carbons (Fsp3) is 0.471. The van der Waals surface area contributed by atoms with Crippen molar-refractivity contribution in [1.29, 1.82) is 0 Å². The van der Waals surface area contributed by atoms with Gasteiger partial charge in [0.15, 0.2) is 0 Å². The van der Waals surface area contributed by atoms with Crippen LogP contribution in [0.4, 0.5) is 20.3 Å². The summed E-state index contributed by atoms with van der Waals surface area (Å²) < 4.78 is 34.3. The van der Waals surface area contributed by atoms with Gasteiger partial charge < -0.3 is 24.3 Å². The number of aryl methyl sites for hydroxylation is 1. The van der Waals surface area contributed by atoms with Crippen molar-refractivity contribution in [3.63, 3.8) is 0 Å². The van der Waals surface area contributed by atoms with Gasteiger partial charge in [-0.3, -0.25) is 9.69 Å². The molecule has 242 valence electrons. The van der Waals surface area contributed by atoms with E-state index < -0.39 is 12.0 Å². The van der Waals surface area contributed by atoms with Crippen LogP contribution in [-0.4, -0.2) is 102 Å². The number of hydrogen-bond donors (Lipinski definition) is 0. The standard InChI is InChI=1S/C34H38BrF2N7O2/c1-23-7-4-8-24-9-5-10-29(31(23)24)42-14-12-27-28(20-42)39-33(46-21-25-17-34(36,37)22-41(25)3)40-32(27)43-15-16-44(26(19-43)18-38-2)30(45)11-6-13-35/h4-11,25-26H,12-22H2,1,3H3/b11-6+/t25-,26-/m0/s1. The van der Waals surface area contributed by atoms with Crippen LogP contribution < -0.4 is 14.5 Å². The normalized spacial score (nSPS) is 21.5. The Labute approximate surface area is 276 Å². The maximum absolute atomic E-state index is 14.1. The van der Waals surface area contributed by atoms with Crippen molar-refractivity contribution in [2.45, 2.75) is 44.3 Å². The van der Waals surface area contributed by atoms with Gasteiger partial charge in [0.2, 0.25) is 12.5 Å². The summed E-state index contributed by atoms with van der Waals surface area (Å²) in [5.74, 6) is -2.13. The highest BCUT2D eigenvalue weighted by Crippen LogP contribution is 2.36. The Morgan fingerprint density at radius 2 is 1.96 bits per heavy atom. The van der Waals surface area contributed by atoms with E-state index in [0.29, 0.717) is 37.9 Å². The summed E-state index contributed by atoms with van der Waals surface area (Å²) in [7, 11) is 1.68. The van der Waals surface area contributed by atoms with Crippen LogP contribution in [0.3, 0.4) is 0 Å². The highest BCUT2D eigenvalue weighted by atomic mass is 79.9. The topological polar surface area (TPSA) is 69.4 Å². The average Bonchev–Trinajstić information content (AvgIpc) is 3.32. The highest BCUT2D eigenvalue weighted by Gasteiger charge is 2.43. The number of likely N-dealkylation sites (tertiary alicyclic amines) is 1. The Bertz CT molecular complexity index is 1670. The van der Waals surface area contributed by atoms with Gasteiger partial charge in [-0.2, -0.15) is 9.97 Å². The number of fused-ring (bicyclic) bond motifs is 2. The van der Waals surface area contributed by atoms with Crippen LogP contribution in [0.2, 0.25) is 0 Å². The Hall–Kier alpha value is -3.82. The molecule has 0 saturated carbocycles. The third-order valence-corrected chi connectivity index (χ3v) is 9.59. The molecule has 0 bridgehead atoms. The molecule has 3 aliphatic heterocycles. The van der Waals surface area contributed by atoms with E-state index in [4.69, 9.17) is 21.3 Å². The van der Waals surface area contributed by atoms with Gasteiger partial charge in [-0.1, -0.05) is 52.3 Å². The number of aromatic nitrogens is 2. The number of nitrogens with zero attached hydrogens (tertiary/aromatic N) is 7. The number of piperazine rings is 1. The zero-order valence-electron chi connectivity index (χ0n) is 26.1. The third-order valence-electron chi connectivity index (χ3n) is 9.21. The number of halogens is 3. The summed E-state index contributed by atoms with van der Waals surface area (Å²) in [6.07, 6.45) is 3.74. The van der Waals surface area contributed by atoms with Gasteiger partial charge >= 0.3 is 6.01 Å². The van der Waals surface area contributed by atoms with Gasteiger partial charge in [-0.05, 0) is 43.5 Å². The number of carbonyl (C=O) groups excluding carboxylic acids is 1. The largest absolute Gasteiger partial charge is 0.462 e. The first kappa shape index (κ1) is 32.1. The van der Waals surface area contributed by atoms with Crippen molar-refractivity contribution in [2.24, 2.45) is 0 Å². The zero-order valence-corrected chi connectivity index (χ0v) is 27.7. The minimum Gasteiger partial charge on any atom is -0.462 e. The molecule has 2 fully saturated rings. The van der Waals surface area contributed by atoms with Crippen molar-refractivity contribution in [2.75, 3.05) is 68.1 Å². The van der Waals surface area contributed by atoms with Crippen LogP contribution in [0.25, 0.3) is 15.6 Å². The second kappa shape index (κ2) is 13.5. The molecule has 4 heterocycles. The first-order valence-corrected chi connectivity index (χ1v) is 16.7. The van der Waals surface area contributed by atoms with Crippen LogP contribution >= 0.6 is 15.9 Å². The van der Waals surface area contributed by atoms with E-state index in [2.05, 4.69) is 73.9 Å². The van der Waals surface area contributed by atoms with Crippen LogP contribution in [-0.2, 0) is 17.8 Å². The number of allylic oxidation sites excluding steroid dienone is 1. The SMILES string of the molecule is [C-]#[N+]C[C@H]1CN(c2nc(OC[C@@H]3CC(F)(F)CN3C)nc3c2CCN(c2cccc4cccc(C)c24)C3)CCN1C(=O)/C=C/CBr.